The molecule has 1 aromatic carbocycles. The van der Waals surface area contributed by atoms with Crippen molar-refractivity contribution in [1.29, 1.82) is 0 Å². The van der Waals surface area contributed by atoms with Crippen LogP contribution in [0, 0.1) is 29.1 Å². The van der Waals surface area contributed by atoms with Gasteiger partial charge in [0.1, 0.15) is 0 Å². The summed E-state index contributed by atoms with van der Waals surface area (Å²) < 4.78 is 0. The Labute approximate surface area is 184 Å². The Kier molecular flexibility index (Phi) is 5.49. The summed E-state index contributed by atoms with van der Waals surface area (Å²) in [6, 6.07) is 9.85. The van der Waals surface area contributed by atoms with Crippen LogP contribution in [0.4, 0.5) is 0 Å². The van der Waals surface area contributed by atoms with E-state index in [1.54, 1.807) is 4.90 Å². The number of rotatable bonds is 7. The van der Waals surface area contributed by atoms with Gasteiger partial charge in [0.2, 0.25) is 17.7 Å². The van der Waals surface area contributed by atoms with Gasteiger partial charge in [-0.05, 0) is 61.8 Å². The number of hydrogen-bond donors (Lipinski definition) is 2. The summed E-state index contributed by atoms with van der Waals surface area (Å²) in [5.74, 6) is 2.06. The molecule has 1 aliphatic heterocycles. The third kappa shape index (κ3) is 4.21. The van der Waals surface area contributed by atoms with Gasteiger partial charge in [0, 0.05) is 38.0 Å². The Morgan fingerprint density at radius 1 is 0.935 bits per heavy atom. The molecule has 31 heavy (non-hydrogen) atoms. The van der Waals surface area contributed by atoms with E-state index in [1.807, 2.05) is 30.3 Å². The van der Waals surface area contributed by atoms with Crippen molar-refractivity contribution in [2.75, 3.05) is 19.6 Å². The molecule has 1 heterocycles. The lowest BCUT2D eigenvalue weighted by molar-refractivity contribution is -0.146. The van der Waals surface area contributed by atoms with E-state index in [0.29, 0.717) is 26.2 Å². The number of nitrogens with one attached hydrogen (secondary N) is 2. The molecule has 6 heteroatoms. The third-order valence-electron chi connectivity index (χ3n) is 8.03. The Bertz CT molecular complexity index is 818. The molecule has 4 saturated carbocycles. The van der Waals surface area contributed by atoms with Crippen LogP contribution >= 0.6 is 0 Å². The molecule has 5 fully saturated rings. The predicted molar refractivity (Wildman–Crippen MR) is 117 cm³/mol. The minimum atomic E-state index is -0.310. The topological polar surface area (TPSA) is 78.5 Å². The molecule has 4 bridgehead atoms. The molecule has 1 aromatic rings. The van der Waals surface area contributed by atoms with E-state index in [0.717, 1.165) is 42.6 Å². The first-order valence-electron chi connectivity index (χ1n) is 11.9. The van der Waals surface area contributed by atoms with Crippen LogP contribution in [0.15, 0.2) is 30.3 Å². The van der Waals surface area contributed by atoms with Crippen LogP contribution < -0.4 is 10.6 Å². The maximum absolute atomic E-state index is 13.0. The number of hydrogen-bond acceptors (Lipinski definition) is 3. The lowest BCUT2D eigenvalue weighted by atomic mass is 9.49. The van der Waals surface area contributed by atoms with E-state index in [1.165, 1.54) is 19.3 Å². The van der Waals surface area contributed by atoms with Crippen LogP contribution in [0.2, 0.25) is 0 Å². The van der Waals surface area contributed by atoms with Gasteiger partial charge in [0.15, 0.2) is 0 Å². The number of likely N-dealkylation sites (tertiary alicyclic amines) is 1. The summed E-state index contributed by atoms with van der Waals surface area (Å²) in [6.07, 6.45) is 7.39. The molecular formula is C25H33N3O3. The average molecular weight is 424 g/mol. The summed E-state index contributed by atoms with van der Waals surface area (Å²) in [7, 11) is 0. The lowest BCUT2D eigenvalue weighted by Gasteiger charge is -2.55. The molecule has 6 nitrogen and oxygen atoms in total. The van der Waals surface area contributed by atoms with Crippen LogP contribution in [-0.2, 0) is 20.9 Å². The normalized spacial score (nSPS) is 33.5. The van der Waals surface area contributed by atoms with E-state index >= 15 is 0 Å². The first-order chi connectivity index (χ1) is 15.0. The Balaban J connectivity index is 1.06. The minimum Gasteiger partial charge on any atom is -0.354 e. The molecular weight excluding hydrogens is 390 g/mol. The molecule has 1 atom stereocenters. The van der Waals surface area contributed by atoms with E-state index in [-0.39, 0.29) is 35.5 Å². The molecule has 0 aromatic heterocycles. The smallest absolute Gasteiger partial charge is 0.226 e. The van der Waals surface area contributed by atoms with Gasteiger partial charge in [-0.25, -0.2) is 0 Å². The average Bonchev–Trinajstić information content (AvgIpc) is 3.11. The standard InChI is InChI=1S/C25H33N3O3/c29-22-11-21(16-28(22)15-17-4-2-1-3-5-17)23(30)26-6-7-27-24(31)25-12-18-8-19(13-25)10-20(9-18)14-25/h1-5,18-21H,6-16H2,(H,26,30)(H,27,31). The molecule has 2 N–H and O–H groups in total. The monoisotopic (exact) mass is 423 g/mol. The van der Waals surface area contributed by atoms with Crippen molar-refractivity contribution in [2.24, 2.45) is 29.1 Å². The second-order valence-corrected chi connectivity index (χ2v) is 10.4. The van der Waals surface area contributed by atoms with E-state index in [9.17, 15) is 14.4 Å². The van der Waals surface area contributed by atoms with Gasteiger partial charge < -0.3 is 15.5 Å². The maximum Gasteiger partial charge on any atom is 0.226 e. The Hall–Kier alpha value is -2.37. The van der Waals surface area contributed by atoms with Gasteiger partial charge in [-0.1, -0.05) is 30.3 Å². The van der Waals surface area contributed by atoms with Crippen molar-refractivity contribution < 1.29 is 14.4 Å². The second kappa shape index (κ2) is 8.29. The predicted octanol–water partition coefficient (Wildman–Crippen LogP) is 2.48. The number of benzene rings is 1. The summed E-state index contributed by atoms with van der Waals surface area (Å²) >= 11 is 0. The van der Waals surface area contributed by atoms with Crippen molar-refractivity contribution >= 4 is 17.7 Å². The van der Waals surface area contributed by atoms with Crippen molar-refractivity contribution in [2.45, 2.75) is 51.5 Å². The van der Waals surface area contributed by atoms with E-state index in [2.05, 4.69) is 10.6 Å². The zero-order valence-corrected chi connectivity index (χ0v) is 18.1. The quantitative estimate of drug-likeness (QED) is 0.662. The minimum absolute atomic E-state index is 0.0270. The fraction of sp³-hybridized carbons (Fsp3) is 0.640. The highest BCUT2D eigenvalue weighted by atomic mass is 16.2. The molecule has 1 saturated heterocycles. The fourth-order valence-electron chi connectivity index (χ4n) is 6.99. The molecule has 6 rings (SSSR count). The first-order valence-corrected chi connectivity index (χ1v) is 11.9. The molecule has 1 unspecified atom stereocenters. The largest absolute Gasteiger partial charge is 0.354 e. The van der Waals surface area contributed by atoms with Crippen molar-refractivity contribution in [1.82, 2.24) is 15.5 Å². The van der Waals surface area contributed by atoms with Crippen LogP contribution in [0.5, 0.6) is 0 Å². The van der Waals surface area contributed by atoms with Crippen LogP contribution in [0.3, 0.4) is 0 Å². The van der Waals surface area contributed by atoms with Gasteiger partial charge in [0.25, 0.3) is 0 Å². The number of carbonyl (C=O) groups excluding carboxylic acids is 3. The Morgan fingerprint density at radius 2 is 1.55 bits per heavy atom. The van der Waals surface area contributed by atoms with Gasteiger partial charge in [-0.3, -0.25) is 14.4 Å². The molecule has 3 amide bonds. The number of amides is 3. The number of nitrogens with zero attached hydrogens (tertiary/aromatic N) is 1. The maximum atomic E-state index is 13.0. The van der Waals surface area contributed by atoms with Crippen molar-refractivity contribution in [3.63, 3.8) is 0 Å². The summed E-state index contributed by atoms with van der Waals surface area (Å²) in [5.41, 5.74) is 0.929. The van der Waals surface area contributed by atoms with Crippen LogP contribution in [0.25, 0.3) is 0 Å². The first kappa shape index (κ1) is 20.5. The van der Waals surface area contributed by atoms with Crippen molar-refractivity contribution in [3.8, 4) is 0 Å². The summed E-state index contributed by atoms with van der Waals surface area (Å²) in [5, 5.41) is 6.03. The van der Waals surface area contributed by atoms with Crippen LogP contribution in [0.1, 0.15) is 50.5 Å². The highest BCUT2D eigenvalue weighted by Crippen LogP contribution is 2.60. The summed E-state index contributed by atoms with van der Waals surface area (Å²) in [4.78, 5) is 39.6. The molecule has 5 aliphatic rings. The highest BCUT2D eigenvalue weighted by molar-refractivity contribution is 5.89. The molecule has 0 spiro atoms. The number of carbonyl (C=O) groups is 3. The lowest BCUT2D eigenvalue weighted by Crippen LogP contribution is -2.54. The fourth-order valence-corrected chi connectivity index (χ4v) is 6.99. The Morgan fingerprint density at radius 3 is 2.19 bits per heavy atom. The zero-order valence-electron chi connectivity index (χ0n) is 18.1. The molecule has 0 radical (unpaired) electrons. The summed E-state index contributed by atoms with van der Waals surface area (Å²) in [6.45, 7) is 1.88. The molecule has 4 aliphatic carbocycles. The van der Waals surface area contributed by atoms with Gasteiger partial charge >= 0.3 is 0 Å². The highest BCUT2D eigenvalue weighted by Gasteiger charge is 2.54. The zero-order chi connectivity index (χ0) is 21.4. The SMILES string of the molecule is O=C(NCCNC(=O)C12CC3CC(CC(C3)C1)C2)C1CC(=O)N(Cc2ccccc2)C1. The van der Waals surface area contributed by atoms with Gasteiger partial charge in [-0.15, -0.1) is 0 Å². The molecule has 166 valence electrons. The van der Waals surface area contributed by atoms with Crippen LogP contribution in [-0.4, -0.2) is 42.3 Å². The van der Waals surface area contributed by atoms with E-state index in [4.69, 9.17) is 0 Å². The second-order valence-electron chi connectivity index (χ2n) is 10.4. The van der Waals surface area contributed by atoms with Crippen molar-refractivity contribution in [3.05, 3.63) is 35.9 Å². The van der Waals surface area contributed by atoms with Gasteiger partial charge in [-0.2, -0.15) is 0 Å². The van der Waals surface area contributed by atoms with E-state index < -0.39 is 0 Å². The van der Waals surface area contributed by atoms with Gasteiger partial charge in [0.05, 0.1) is 5.92 Å². The third-order valence-corrected chi connectivity index (χ3v) is 8.03.